The van der Waals surface area contributed by atoms with Crippen molar-refractivity contribution in [3.05, 3.63) is 106 Å². The van der Waals surface area contributed by atoms with E-state index in [2.05, 4.69) is 29.2 Å². The first-order valence-electron chi connectivity index (χ1n) is 12.7. The molecule has 35 heavy (non-hydrogen) atoms. The van der Waals surface area contributed by atoms with Crippen LogP contribution in [0.15, 0.2) is 66.7 Å². The van der Waals surface area contributed by atoms with Crippen molar-refractivity contribution < 1.29 is 13.2 Å². The van der Waals surface area contributed by atoms with Gasteiger partial charge in [0.05, 0.1) is 6.67 Å². The molecule has 2 aliphatic rings. The maximum Gasteiger partial charge on any atom is 0.130 e. The van der Waals surface area contributed by atoms with Crippen LogP contribution in [0.5, 0.6) is 0 Å². The average molecular weight is 476 g/mol. The highest BCUT2D eigenvalue weighted by atomic mass is 19.1. The quantitative estimate of drug-likeness (QED) is 0.338. The van der Waals surface area contributed by atoms with Gasteiger partial charge < -0.3 is 4.90 Å². The number of nitrogens with zero attached hydrogens (tertiary/aromatic N) is 1. The first-order valence-corrected chi connectivity index (χ1v) is 12.7. The number of benzene rings is 3. The molecule has 0 spiro atoms. The summed E-state index contributed by atoms with van der Waals surface area (Å²) in [6.45, 7) is 3.73. The molecule has 1 heterocycles. The lowest BCUT2D eigenvalue weighted by Crippen LogP contribution is -2.48. The van der Waals surface area contributed by atoms with Crippen molar-refractivity contribution in [2.45, 2.75) is 38.8 Å². The van der Waals surface area contributed by atoms with E-state index in [1.54, 1.807) is 6.07 Å². The number of alkyl halides is 2. The van der Waals surface area contributed by atoms with Crippen LogP contribution in [-0.4, -0.2) is 31.2 Å². The fourth-order valence-electron chi connectivity index (χ4n) is 5.66. The Morgan fingerprint density at radius 2 is 1.71 bits per heavy atom. The van der Waals surface area contributed by atoms with E-state index in [0.29, 0.717) is 31.6 Å². The van der Waals surface area contributed by atoms with Gasteiger partial charge in [-0.05, 0) is 89.3 Å². The monoisotopic (exact) mass is 475 g/mol. The lowest BCUT2D eigenvalue weighted by atomic mass is 9.85. The van der Waals surface area contributed by atoms with E-state index in [4.69, 9.17) is 0 Å². The van der Waals surface area contributed by atoms with Gasteiger partial charge in [0, 0.05) is 25.6 Å². The van der Waals surface area contributed by atoms with Crippen molar-refractivity contribution >= 4 is 11.1 Å². The van der Waals surface area contributed by atoms with Gasteiger partial charge in [-0.3, -0.25) is 4.39 Å². The molecule has 0 bridgehead atoms. The SMILES string of the molecule is Cc1cc(F)ccc1C1=C(c2ccc(C(F)C3CN(CCCF)C3)cc2)c2ccccc2CCC1. The molecule has 1 atom stereocenters. The van der Waals surface area contributed by atoms with Crippen molar-refractivity contribution in [2.75, 3.05) is 26.3 Å². The Morgan fingerprint density at radius 3 is 2.46 bits per heavy atom. The van der Waals surface area contributed by atoms with Gasteiger partial charge in [0.15, 0.2) is 0 Å². The number of hydrogen-bond donors (Lipinski definition) is 0. The van der Waals surface area contributed by atoms with Gasteiger partial charge in [0.2, 0.25) is 0 Å². The molecule has 1 nitrogen and oxygen atoms in total. The summed E-state index contributed by atoms with van der Waals surface area (Å²) in [5.74, 6) is -0.254. The zero-order valence-corrected chi connectivity index (χ0v) is 20.2. The fraction of sp³-hybridized carbons (Fsp3) is 0.355. The zero-order valence-electron chi connectivity index (χ0n) is 20.2. The second-order valence-corrected chi connectivity index (χ2v) is 9.91. The molecule has 3 aromatic carbocycles. The number of likely N-dealkylation sites (tertiary alicyclic amines) is 1. The second kappa shape index (κ2) is 10.4. The lowest BCUT2D eigenvalue weighted by Gasteiger charge is -2.41. The maximum atomic E-state index is 15.2. The molecule has 1 aliphatic carbocycles. The minimum absolute atomic E-state index is 0.0318. The topological polar surface area (TPSA) is 3.24 Å². The highest BCUT2D eigenvalue weighted by Crippen LogP contribution is 2.41. The summed E-state index contributed by atoms with van der Waals surface area (Å²) in [6.07, 6.45) is 2.43. The van der Waals surface area contributed by atoms with E-state index in [-0.39, 0.29) is 18.4 Å². The molecule has 0 amide bonds. The van der Waals surface area contributed by atoms with Crippen molar-refractivity contribution in [3.63, 3.8) is 0 Å². The number of aryl methyl sites for hydroxylation is 2. The van der Waals surface area contributed by atoms with E-state index in [1.807, 2.05) is 37.3 Å². The van der Waals surface area contributed by atoms with Crippen LogP contribution >= 0.6 is 0 Å². The summed E-state index contributed by atoms with van der Waals surface area (Å²) in [4.78, 5) is 2.12. The number of hydrogen-bond acceptors (Lipinski definition) is 1. The van der Waals surface area contributed by atoms with Crippen LogP contribution in [0.2, 0.25) is 0 Å². The third-order valence-corrected chi connectivity index (χ3v) is 7.50. The average Bonchev–Trinajstić information content (AvgIpc) is 3.03. The van der Waals surface area contributed by atoms with E-state index >= 15 is 4.39 Å². The summed E-state index contributed by atoms with van der Waals surface area (Å²) < 4.78 is 41.5. The molecule has 182 valence electrons. The van der Waals surface area contributed by atoms with Crippen LogP contribution < -0.4 is 0 Å². The molecular weight excluding hydrogens is 443 g/mol. The smallest absolute Gasteiger partial charge is 0.130 e. The van der Waals surface area contributed by atoms with E-state index < -0.39 is 6.17 Å². The first kappa shape index (κ1) is 23.9. The maximum absolute atomic E-state index is 15.2. The van der Waals surface area contributed by atoms with E-state index in [9.17, 15) is 8.78 Å². The van der Waals surface area contributed by atoms with Crippen molar-refractivity contribution in [1.82, 2.24) is 4.90 Å². The van der Waals surface area contributed by atoms with Crippen LogP contribution in [0.3, 0.4) is 0 Å². The van der Waals surface area contributed by atoms with Crippen LogP contribution in [0, 0.1) is 18.7 Å². The minimum atomic E-state index is -1.01. The number of halogens is 3. The third kappa shape index (κ3) is 4.95. The molecule has 1 unspecified atom stereocenters. The molecule has 5 rings (SSSR count). The number of rotatable bonds is 7. The van der Waals surface area contributed by atoms with Crippen molar-refractivity contribution in [3.8, 4) is 0 Å². The second-order valence-electron chi connectivity index (χ2n) is 9.91. The Bertz CT molecular complexity index is 1210. The molecule has 0 aromatic heterocycles. The molecule has 1 aliphatic heterocycles. The van der Waals surface area contributed by atoms with Gasteiger partial charge in [0.25, 0.3) is 0 Å². The van der Waals surface area contributed by atoms with Crippen LogP contribution in [-0.2, 0) is 6.42 Å². The molecule has 4 heteroatoms. The molecule has 1 saturated heterocycles. The minimum Gasteiger partial charge on any atom is -0.302 e. The summed E-state index contributed by atoms with van der Waals surface area (Å²) in [7, 11) is 0. The molecular formula is C31H32F3N. The molecule has 3 aromatic rings. The summed E-state index contributed by atoms with van der Waals surface area (Å²) in [5.41, 5.74) is 8.67. The molecule has 1 fully saturated rings. The van der Waals surface area contributed by atoms with Gasteiger partial charge in [0.1, 0.15) is 12.0 Å². The highest BCUT2D eigenvalue weighted by molar-refractivity contribution is 6.00. The molecule has 0 N–H and O–H groups in total. The largest absolute Gasteiger partial charge is 0.302 e. The normalized spacial score (nSPS) is 17.6. The van der Waals surface area contributed by atoms with E-state index in [1.165, 1.54) is 22.8 Å². The predicted molar refractivity (Wildman–Crippen MR) is 137 cm³/mol. The first-order chi connectivity index (χ1) is 17.0. The summed E-state index contributed by atoms with van der Waals surface area (Å²) >= 11 is 0. The number of allylic oxidation sites excluding steroid dienone is 1. The van der Waals surface area contributed by atoms with E-state index in [0.717, 1.165) is 41.5 Å². The fourth-order valence-corrected chi connectivity index (χ4v) is 5.66. The van der Waals surface area contributed by atoms with Crippen LogP contribution in [0.25, 0.3) is 11.1 Å². The predicted octanol–water partition coefficient (Wildman–Crippen LogP) is 7.73. The Hall–Kier alpha value is -2.85. The Morgan fingerprint density at radius 1 is 0.943 bits per heavy atom. The van der Waals surface area contributed by atoms with Crippen molar-refractivity contribution in [1.29, 1.82) is 0 Å². The molecule has 0 saturated carbocycles. The molecule has 0 radical (unpaired) electrons. The van der Waals surface area contributed by atoms with Gasteiger partial charge in [-0.1, -0.05) is 54.6 Å². The third-order valence-electron chi connectivity index (χ3n) is 7.50. The van der Waals surface area contributed by atoms with Gasteiger partial charge >= 0.3 is 0 Å². The Balaban J connectivity index is 1.49. The van der Waals surface area contributed by atoms with Crippen molar-refractivity contribution in [2.24, 2.45) is 5.92 Å². The number of fused-ring (bicyclic) bond motifs is 1. The Labute approximate surface area is 206 Å². The summed E-state index contributed by atoms with van der Waals surface area (Å²) in [5, 5.41) is 0. The van der Waals surface area contributed by atoms with Crippen LogP contribution in [0.1, 0.15) is 58.8 Å². The lowest BCUT2D eigenvalue weighted by molar-refractivity contribution is 0.0364. The highest BCUT2D eigenvalue weighted by Gasteiger charge is 2.34. The van der Waals surface area contributed by atoms with Gasteiger partial charge in [-0.2, -0.15) is 0 Å². The van der Waals surface area contributed by atoms with Crippen LogP contribution in [0.4, 0.5) is 13.2 Å². The standard InChI is InChI=1S/C31H32F3N/c1-21-18-26(33)14-15-27(21)29-9-4-7-22-6-2-3-8-28(22)30(29)23-10-12-24(13-11-23)31(34)25-19-35(20-25)17-5-16-32/h2-3,6,8,10-15,18,25,31H,4-5,7,9,16-17,19-20H2,1H3. The Kier molecular flexibility index (Phi) is 7.10. The van der Waals surface area contributed by atoms with Gasteiger partial charge in [-0.15, -0.1) is 0 Å². The summed E-state index contributed by atoms with van der Waals surface area (Å²) in [6, 6.07) is 21.4. The zero-order chi connectivity index (χ0) is 24.4. The van der Waals surface area contributed by atoms with Gasteiger partial charge in [-0.25, -0.2) is 8.78 Å².